The number of fused-ring (bicyclic) bond motifs is 3. The van der Waals surface area contributed by atoms with Crippen molar-refractivity contribution in [1.29, 1.82) is 0 Å². The first-order valence-corrected chi connectivity index (χ1v) is 11.9. The molecule has 0 amide bonds. The SMILES string of the molecule is CSc1nnc2c(n1)OC(C1CCC(CCC=C(C)C)=CC1C)Nc1ccccc1-2. The molecule has 1 aliphatic heterocycles. The van der Waals surface area contributed by atoms with Gasteiger partial charge in [0.25, 0.3) is 0 Å². The third-order valence-electron chi connectivity index (χ3n) is 5.92. The molecule has 4 rings (SSSR count). The van der Waals surface area contributed by atoms with E-state index < -0.39 is 0 Å². The van der Waals surface area contributed by atoms with Crippen LogP contribution in [-0.2, 0) is 0 Å². The molecular formula is C24H30N4OS. The number of allylic oxidation sites excluding steroid dienone is 4. The van der Waals surface area contributed by atoms with Crippen LogP contribution >= 0.6 is 11.8 Å². The number of aromatic nitrogens is 3. The lowest BCUT2D eigenvalue weighted by atomic mass is 9.79. The molecule has 0 saturated heterocycles. The average molecular weight is 423 g/mol. The summed E-state index contributed by atoms with van der Waals surface area (Å²) in [5.41, 5.74) is 5.69. The smallest absolute Gasteiger partial charge is 0.247 e. The molecule has 1 N–H and O–H groups in total. The van der Waals surface area contributed by atoms with Gasteiger partial charge in [-0.3, -0.25) is 0 Å². The first-order valence-electron chi connectivity index (χ1n) is 10.7. The van der Waals surface area contributed by atoms with Crippen LogP contribution in [0.1, 0.15) is 46.5 Å². The van der Waals surface area contributed by atoms with Gasteiger partial charge in [-0.25, -0.2) is 0 Å². The maximum absolute atomic E-state index is 6.46. The molecule has 1 aromatic carbocycles. The number of ether oxygens (including phenoxy) is 1. The minimum absolute atomic E-state index is 0.149. The number of anilines is 1. The van der Waals surface area contributed by atoms with Crippen molar-refractivity contribution in [2.24, 2.45) is 11.8 Å². The minimum atomic E-state index is -0.149. The first kappa shape index (κ1) is 20.9. The second kappa shape index (κ2) is 9.21. The molecule has 2 aliphatic rings. The van der Waals surface area contributed by atoms with E-state index in [4.69, 9.17) is 4.74 Å². The fourth-order valence-electron chi connectivity index (χ4n) is 4.32. The predicted molar refractivity (Wildman–Crippen MR) is 124 cm³/mol. The van der Waals surface area contributed by atoms with Crippen LogP contribution in [0.3, 0.4) is 0 Å². The molecule has 1 aromatic heterocycles. The number of hydrogen-bond donors (Lipinski definition) is 1. The zero-order valence-corrected chi connectivity index (χ0v) is 19.0. The molecule has 0 radical (unpaired) electrons. The van der Waals surface area contributed by atoms with Gasteiger partial charge in [0.1, 0.15) is 0 Å². The zero-order chi connectivity index (χ0) is 21.1. The Balaban J connectivity index is 1.59. The van der Waals surface area contributed by atoms with Gasteiger partial charge in [0, 0.05) is 17.2 Å². The summed E-state index contributed by atoms with van der Waals surface area (Å²) in [4.78, 5) is 4.64. The molecule has 2 heterocycles. The number of nitrogens with zero attached hydrogens (tertiary/aromatic N) is 3. The lowest BCUT2D eigenvalue weighted by Crippen LogP contribution is -2.39. The first-order chi connectivity index (χ1) is 14.5. The molecule has 0 fully saturated rings. The molecule has 5 nitrogen and oxygen atoms in total. The van der Waals surface area contributed by atoms with Gasteiger partial charge in [-0.2, -0.15) is 4.98 Å². The van der Waals surface area contributed by atoms with E-state index >= 15 is 0 Å². The van der Waals surface area contributed by atoms with Crippen molar-refractivity contribution >= 4 is 17.4 Å². The van der Waals surface area contributed by atoms with Crippen LogP contribution in [-0.4, -0.2) is 27.7 Å². The third-order valence-corrected chi connectivity index (χ3v) is 6.45. The van der Waals surface area contributed by atoms with Crippen molar-refractivity contribution in [1.82, 2.24) is 15.2 Å². The Kier molecular flexibility index (Phi) is 6.42. The monoisotopic (exact) mass is 422 g/mol. The lowest BCUT2D eigenvalue weighted by Gasteiger charge is -2.34. The van der Waals surface area contributed by atoms with Gasteiger partial charge in [-0.05, 0) is 57.8 Å². The van der Waals surface area contributed by atoms with Crippen molar-refractivity contribution < 1.29 is 4.74 Å². The normalized spacial score (nSPS) is 22.5. The number of nitrogens with one attached hydrogen (secondary N) is 1. The quantitative estimate of drug-likeness (QED) is 0.463. The fourth-order valence-corrected chi connectivity index (χ4v) is 4.62. The minimum Gasteiger partial charge on any atom is -0.452 e. The van der Waals surface area contributed by atoms with Gasteiger partial charge in [0.05, 0.1) is 0 Å². The Morgan fingerprint density at radius 2 is 2.10 bits per heavy atom. The maximum Gasteiger partial charge on any atom is 0.247 e. The molecule has 0 saturated carbocycles. The second-order valence-corrected chi connectivity index (χ2v) is 9.16. The van der Waals surface area contributed by atoms with Gasteiger partial charge >= 0.3 is 0 Å². The number of rotatable bonds is 5. The molecule has 0 spiro atoms. The summed E-state index contributed by atoms with van der Waals surface area (Å²) in [5.74, 6) is 1.37. The Morgan fingerprint density at radius 1 is 1.27 bits per heavy atom. The lowest BCUT2D eigenvalue weighted by molar-refractivity contribution is 0.120. The predicted octanol–water partition coefficient (Wildman–Crippen LogP) is 6.11. The largest absolute Gasteiger partial charge is 0.452 e. The van der Waals surface area contributed by atoms with Crippen LogP contribution in [0.5, 0.6) is 5.88 Å². The number of para-hydroxylation sites is 1. The van der Waals surface area contributed by atoms with Gasteiger partial charge < -0.3 is 10.1 Å². The summed E-state index contributed by atoms with van der Waals surface area (Å²) >= 11 is 1.48. The zero-order valence-electron chi connectivity index (χ0n) is 18.2. The molecular weight excluding hydrogens is 392 g/mol. The van der Waals surface area contributed by atoms with Crippen molar-refractivity contribution in [2.75, 3.05) is 11.6 Å². The molecule has 6 heteroatoms. The van der Waals surface area contributed by atoms with E-state index in [2.05, 4.69) is 59.5 Å². The molecule has 30 heavy (non-hydrogen) atoms. The van der Waals surface area contributed by atoms with Crippen LogP contribution in [0.4, 0.5) is 5.69 Å². The van der Waals surface area contributed by atoms with E-state index in [-0.39, 0.29) is 6.23 Å². The highest BCUT2D eigenvalue weighted by Gasteiger charge is 2.34. The molecule has 0 bridgehead atoms. The molecule has 158 valence electrons. The van der Waals surface area contributed by atoms with Crippen LogP contribution in [0, 0.1) is 11.8 Å². The van der Waals surface area contributed by atoms with E-state index in [0.717, 1.165) is 36.9 Å². The molecule has 2 aromatic rings. The topological polar surface area (TPSA) is 59.9 Å². The van der Waals surface area contributed by atoms with Crippen LogP contribution < -0.4 is 10.1 Å². The van der Waals surface area contributed by atoms with Crippen molar-refractivity contribution in [3.05, 3.63) is 47.6 Å². The number of thioether (sulfide) groups is 1. The Morgan fingerprint density at radius 3 is 2.87 bits per heavy atom. The van der Waals surface area contributed by atoms with E-state index in [9.17, 15) is 0 Å². The van der Waals surface area contributed by atoms with E-state index in [1.54, 1.807) is 5.57 Å². The highest BCUT2D eigenvalue weighted by Crippen LogP contribution is 2.41. The van der Waals surface area contributed by atoms with Gasteiger partial charge in [0.2, 0.25) is 11.0 Å². The van der Waals surface area contributed by atoms with Crippen LogP contribution in [0.2, 0.25) is 0 Å². The Hall–Kier alpha value is -2.34. The maximum atomic E-state index is 6.46. The van der Waals surface area contributed by atoms with Crippen molar-refractivity contribution in [3.63, 3.8) is 0 Å². The van der Waals surface area contributed by atoms with Crippen LogP contribution in [0.15, 0.2) is 52.7 Å². The van der Waals surface area contributed by atoms with E-state index in [1.165, 1.54) is 17.3 Å². The van der Waals surface area contributed by atoms with Crippen molar-refractivity contribution in [3.8, 4) is 17.1 Å². The van der Waals surface area contributed by atoms with E-state index in [1.807, 2.05) is 24.5 Å². The second-order valence-electron chi connectivity index (χ2n) is 8.39. The van der Waals surface area contributed by atoms with Gasteiger partial charge in [0.15, 0.2) is 11.9 Å². The van der Waals surface area contributed by atoms with E-state index in [0.29, 0.717) is 28.6 Å². The summed E-state index contributed by atoms with van der Waals surface area (Å²) in [5, 5.41) is 12.9. The van der Waals surface area contributed by atoms with Crippen LogP contribution in [0.25, 0.3) is 11.3 Å². The highest BCUT2D eigenvalue weighted by molar-refractivity contribution is 7.98. The van der Waals surface area contributed by atoms with Gasteiger partial charge in [-0.15, -0.1) is 10.2 Å². The summed E-state index contributed by atoms with van der Waals surface area (Å²) in [6, 6.07) is 8.18. The number of benzene rings is 1. The number of hydrogen-bond acceptors (Lipinski definition) is 6. The highest BCUT2D eigenvalue weighted by atomic mass is 32.2. The Bertz CT molecular complexity index is 967. The standard InChI is InChI=1S/C24H30N4OS/c1-15(2)8-7-9-17-12-13-18(16(3)14-17)22-25-20-11-6-5-10-19(20)21-23(29-22)26-24(30-4)28-27-21/h5-6,8,10-11,14,16,18,22,25H,7,9,12-13H2,1-4H3. The summed E-state index contributed by atoms with van der Waals surface area (Å²) < 4.78 is 6.46. The molecule has 3 unspecified atom stereocenters. The van der Waals surface area contributed by atoms with Gasteiger partial charge in [-0.1, -0.05) is 60.2 Å². The molecule has 1 aliphatic carbocycles. The molecule has 3 atom stereocenters. The summed E-state index contributed by atoms with van der Waals surface area (Å²) in [6.45, 7) is 6.64. The third kappa shape index (κ3) is 4.53. The summed E-state index contributed by atoms with van der Waals surface area (Å²) in [7, 11) is 0. The fraction of sp³-hybridized carbons (Fsp3) is 0.458. The summed E-state index contributed by atoms with van der Waals surface area (Å²) in [6.07, 6.45) is 11.1. The Labute approximate surface area is 183 Å². The average Bonchev–Trinajstić information content (AvgIpc) is 2.89. The van der Waals surface area contributed by atoms with Crippen molar-refractivity contribution in [2.45, 2.75) is 57.8 Å².